The molecule has 0 aliphatic carbocycles. The van der Waals surface area contributed by atoms with E-state index in [1.165, 1.54) is 22.9 Å². The summed E-state index contributed by atoms with van der Waals surface area (Å²) in [6, 6.07) is 15.3. The largest absolute Gasteiger partial charge is 0.272 e. The molecule has 3 rings (SSSR count). The molecule has 118 valence electrons. The number of hydrogen-bond acceptors (Lipinski definition) is 3. The van der Waals surface area contributed by atoms with Crippen LogP contribution in [0.5, 0.6) is 0 Å². The zero-order chi connectivity index (χ0) is 16.2. The van der Waals surface area contributed by atoms with Gasteiger partial charge in [0.25, 0.3) is 11.8 Å². The quantitative estimate of drug-likeness (QED) is 0.853. The maximum absolute atomic E-state index is 12.2. The number of carbonyl (C=O) groups is 2. The summed E-state index contributed by atoms with van der Waals surface area (Å²) in [5.74, 6) is -0.480. The molecular formula is C18H18N2O2S. The van der Waals surface area contributed by atoms with Gasteiger partial charge in [0.2, 0.25) is 0 Å². The Balaban J connectivity index is 1.54. The van der Waals surface area contributed by atoms with Crippen molar-refractivity contribution in [2.75, 3.05) is 0 Å². The lowest BCUT2D eigenvalue weighted by Gasteiger charge is -2.11. The van der Waals surface area contributed by atoms with Crippen molar-refractivity contribution in [3.8, 4) is 0 Å². The first-order valence-corrected chi connectivity index (χ1v) is 8.49. The van der Waals surface area contributed by atoms with Gasteiger partial charge in [0.1, 0.15) is 0 Å². The smallest absolute Gasteiger partial charge is 0.269 e. The van der Waals surface area contributed by atoms with Gasteiger partial charge in [0.05, 0.1) is 5.25 Å². The van der Waals surface area contributed by atoms with E-state index < -0.39 is 0 Å². The van der Waals surface area contributed by atoms with Crippen LogP contribution in [0.3, 0.4) is 0 Å². The lowest BCUT2D eigenvalue weighted by Crippen LogP contribution is -2.45. The second-order valence-corrected chi connectivity index (χ2v) is 6.66. The van der Waals surface area contributed by atoms with Crippen LogP contribution in [0.1, 0.15) is 28.4 Å². The van der Waals surface area contributed by atoms with Gasteiger partial charge in [0, 0.05) is 10.5 Å². The molecule has 0 radical (unpaired) electrons. The van der Waals surface area contributed by atoms with E-state index in [1.54, 1.807) is 12.1 Å². The fraction of sp³-hybridized carbons (Fsp3) is 0.222. The number of carbonyl (C=O) groups excluding carboxylic acids is 2. The number of fused-ring (bicyclic) bond motifs is 1. The molecule has 2 aromatic carbocycles. The molecule has 1 atom stereocenters. The van der Waals surface area contributed by atoms with Crippen molar-refractivity contribution in [3.63, 3.8) is 0 Å². The van der Waals surface area contributed by atoms with Crippen LogP contribution in [0.15, 0.2) is 53.4 Å². The van der Waals surface area contributed by atoms with Gasteiger partial charge in [-0.3, -0.25) is 20.4 Å². The summed E-state index contributed by atoms with van der Waals surface area (Å²) in [6.45, 7) is 2.06. The summed E-state index contributed by atoms with van der Waals surface area (Å²) in [7, 11) is 0. The summed E-state index contributed by atoms with van der Waals surface area (Å²) in [5, 5.41) is -0.199. The molecule has 1 aliphatic rings. The highest BCUT2D eigenvalue weighted by Crippen LogP contribution is 2.36. The first kappa shape index (κ1) is 15.6. The predicted molar refractivity (Wildman–Crippen MR) is 91.2 cm³/mol. The molecule has 1 heterocycles. The Morgan fingerprint density at radius 3 is 2.52 bits per heavy atom. The molecule has 0 spiro atoms. The number of hydrogen-bond donors (Lipinski definition) is 2. The fourth-order valence-electron chi connectivity index (χ4n) is 2.49. The number of thioether (sulfide) groups is 1. The van der Waals surface area contributed by atoms with Crippen LogP contribution in [0.25, 0.3) is 0 Å². The van der Waals surface area contributed by atoms with Gasteiger partial charge in [-0.05, 0) is 42.2 Å². The Morgan fingerprint density at radius 2 is 1.83 bits per heavy atom. The summed E-state index contributed by atoms with van der Waals surface area (Å²) in [6.07, 6.45) is 1.62. The monoisotopic (exact) mass is 326 g/mol. The molecule has 0 bridgehead atoms. The maximum Gasteiger partial charge on any atom is 0.269 e. The number of hydrazine groups is 1. The van der Waals surface area contributed by atoms with Gasteiger partial charge in [0.15, 0.2) is 0 Å². The van der Waals surface area contributed by atoms with Gasteiger partial charge in [-0.25, -0.2) is 0 Å². The molecule has 1 aliphatic heterocycles. The van der Waals surface area contributed by atoms with Crippen LogP contribution in [-0.2, 0) is 17.6 Å². The molecule has 0 aromatic heterocycles. The highest BCUT2D eigenvalue weighted by atomic mass is 32.2. The van der Waals surface area contributed by atoms with Gasteiger partial charge >= 0.3 is 0 Å². The van der Waals surface area contributed by atoms with Crippen molar-refractivity contribution in [2.24, 2.45) is 0 Å². The number of amides is 2. The molecule has 23 heavy (non-hydrogen) atoms. The minimum atomic E-state index is -0.304. The van der Waals surface area contributed by atoms with E-state index in [0.29, 0.717) is 12.0 Å². The van der Waals surface area contributed by atoms with Crippen molar-refractivity contribution in [1.82, 2.24) is 10.9 Å². The Hall–Kier alpha value is -2.27. The second-order valence-electron chi connectivity index (χ2n) is 5.41. The first-order chi connectivity index (χ1) is 11.2. The van der Waals surface area contributed by atoms with E-state index in [2.05, 4.69) is 17.8 Å². The minimum Gasteiger partial charge on any atom is -0.272 e. The molecule has 2 N–H and O–H groups in total. The maximum atomic E-state index is 12.2. The van der Waals surface area contributed by atoms with Crippen LogP contribution in [0.4, 0.5) is 0 Å². The average Bonchev–Trinajstić information content (AvgIpc) is 3.03. The van der Waals surface area contributed by atoms with Crippen LogP contribution in [0.2, 0.25) is 0 Å². The zero-order valence-corrected chi connectivity index (χ0v) is 13.7. The molecule has 0 fully saturated rings. The normalized spacial score (nSPS) is 15.8. The third-order valence-electron chi connectivity index (χ3n) is 3.86. The topological polar surface area (TPSA) is 58.2 Å². The molecule has 4 nitrogen and oxygen atoms in total. The summed E-state index contributed by atoms with van der Waals surface area (Å²) < 4.78 is 0. The molecule has 2 amide bonds. The van der Waals surface area contributed by atoms with Crippen LogP contribution in [-0.4, -0.2) is 17.1 Å². The third kappa shape index (κ3) is 3.56. The van der Waals surface area contributed by atoms with Crippen molar-refractivity contribution in [3.05, 3.63) is 65.2 Å². The van der Waals surface area contributed by atoms with E-state index >= 15 is 0 Å². The molecule has 2 aromatic rings. The molecular weight excluding hydrogens is 308 g/mol. The van der Waals surface area contributed by atoms with E-state index in [4.69, 9.17) is 0 Å². The minimum absolute atomic E-state index is 0.176. The van der Waals surface area contributed by atoms with E-state index in [9.17, 15) is 9.59 Å². The molecule has 0 saturated carbocycles. The van der Waals surface area contributed by atoms with E-state index in [1.807, 2.05) is 36.4 Å². The average molecular weight is 326 g/mol. The van der Waals surface area contributed by atoms with Crippen LogP contribution < -0.4 is 10.9 Å². The fourth-order valence-corrected chi connectivity index (χ4v) is 3.69. The first-order valence-electron chi connectivity index (χ1n) is 7.61. The summed E-state index contributed by atoms with van der Waals surface area (Å²) in [5.41, 5.74) is 7.90. The lowest BCUT2D eigenvalue weighted by atomic mass is 10.1. The SMILES string of the molecule is CCc1ccc(C(=O)NNC(=O)C2Cc3ccccc3S2)cc1. The van der Waals surface area contributed by atoms with Gasteiger partial charge in [-0.1, -0.05) is 37.3 Å². The van der Waals surface area contributed by atoms with Crippen molar-refractivity contribution < 1.29 is 9.59 Å². The predicted octanol–water partition coefficient (Wildman–Crippen LogP) is 2.73. The Kier molecular flexibility index (Phi) is 4.67. The molecule has 0 saturated heterocycles. The van der Waals surface area contributed by atoms with Crippen molar-refractivity contribution in [1.29, 1.82) is 0 Å². The highest BCUT2D eigenvalue weighted by Gasteiger charge is 2.28. The number of aryl methyl sites for hydroxylation is 1. The number of nitrogens with one attached hydrogen (secondary N) is 2. The number of rotatable bonds is 3. The third-order valence-corrected chi connectivity index (χ3v) is 5.18. The van der Waals surface area contributed by atoms with Gasteiger partial charge < -0.3 is 0 Å². The van der Waals surface area contributed by atoms with Gasteiger partial charge in [-0.2, -0.15) is 0 Å². The van der Waals surface area contributed by atoms with E-state index in [0.717, 1.165) is 11.3 Å². The number of benzene rings is 2. The van der Waals surface area contributed by atoms with E-state index in [-0.39, 0.29) is 17.1 Å². The molecule has 1 unspecified atom stereocenters. The van der Waals surface area contributed by atoms with Crippen molar-refractivity contribution in [2.45, 2.75) is 29.9 Å². The Bertz CT molecular complexity index is 703. The summed E-state index contributed by atoms with van der Waals surface area (Å²) >= 11 is 1.53. The summed E-state index contributed by atoms with van der Waals surface area (Å²) in [4.78, 5) is 25.4. The lowest BCUT2D eigenvalue weighted by molar-refractivity contribution is -0.121. The van der Waals surface area contributed by atoms with Crippen LogP contribution >= 0.6 is 11.8 Å². The standard InChI is InChI=1S/C18H18N2O2S/c1-2-12-7-9-13(10-8-12)17(21)19-20-18(22)16-11-14-5-3-4-6-15(14)23-16/h3-10,16H,2,11H2,1H3,(H,19,21)(H,20,22). The Morgan fingerprint density at radius 1 is 1.09 bits per heavy atom. The van der Waals surface area contributed by atoms with Crippen molar-refractivity contribution >= 4 is 23.6 Å². The van der Waals surface area contributed by atoms with Crippen LogP contribution in [0, 0.1) is 0 Å². The van der Waals surface area contributed by atoms with Gasteiger partial charge in [-0.15, -0.1) is 11.8 Å². The Labute approximate surface area is 139 Å². The highest BCUT2D eigenvalue weighted by molar-refractivity contribution is 8.01. The molecule has 5 heteroatoms. The second kappa shape index (κ2) is 6.87. The zero-order valence-electron chi connectivity index (χ0n) is 12.8.